The van der Waals surface area contributed by atoms with Gasteiger partial charge >= 0.3 is 0 Å². The van der Waals surface area contributed by atoms with Crippen LogP contribution < -0.4 is 5.32 Å². The standard InChI is InChI=1S/C12H17N/c1-10-4-3-5-11(8-10)12(6-7-12)9-13-2/h3-5,8,13H,6-7,9H2,1-2H3. The maximum absolute atomic E-state index is 3.29. The second kappa shape index (κ2) is 3.15. The Morgan fingerprint density at radius 2 is 2.15 bits per heavy atom. The van der Waals surface area contributed by atoms with E-state index in [1.54, 1.807) is 0 Å². The van der Waals surface area contributed by atoms with Gasteiger partial charge in [-0.25, -0.2) is 0 Å². The van der Waals surface area contributed by atoms with Crippen LogP contribution in [0.15, 0.2) is 24.3 Å². The molecule has 0 aromatic heterocycles. The summed E-state index contributed by atoms with van der Waals surface area (Å²) < 4.78 is 0. The Morgan fingerprint density at radius 3 is 2.69 bits per heavy atom. The molecule has 1 aliphatic rings. The lowest BCUT2D eigenvalue weighted by Crippen LogP contribution is -2.23. The first-order chi connectivity index (χ1) is 6.27. The predicted molar refractivity (Wildman–Crippen MR) is 56.0 cm³/mol. The molecular weight excluding hydrogens is 158 g/mol. The van der Waals surface area contributed by atoms with Crippen molar-refractivity contribution < 1.29 is 0 Å². The molecule has 0 unspecified atom stereocenters. The van der Waals surface area contributed by atoms with Crippen LogP contribution in [0, 0.1) is 6.92 Å². The van der Waals surface area contributed by atoms with Crippen molar-refractivity contribution in [2.75, 3.05) is 13.6 Å². The second-order valence-electron chi connectivity index (χ2n) is 4.18. The zero-order chi connectivity index (χ0) is 9.31. The molecule has 0 heterocycles. The average Bonchev–Trinajstić information content (AvgIpc) is 2.86. The highest BCUT2D eigenvalue weighted by Crippen LogP contribution is 2.47. The van der Waals surface area contributed by atoms with Gasteiger partial charge < -0.3 is 5.32 Å². The second-order valence-corrected chi connectivity index (χ2v) is 4.18. The maximum Gasteiger partial charge on any atom is 0.00784 e. The average molecular weight is 175 g/mol. The minimum atomic E-state index is 0.473. The number of hydrogen-bond donors (Lipinski definition) is 1. The molecule has 0 bridgehead atoms. The third kappa shape index (κ3) is 1.61. The molecule has 0 aliphatic heterocycles. The quantitative estimate of drug-likeness (QED) is 0.743. The minimum absolute atomic E-state index is 0.473. The smallest absolute Gasteiger partial charge is 0.00784 e. The van der Waals surface area contributed by atoms with Crippen molar-refractivity contribution in [3.05, 3.63) is 35.4 Å². The molecule has 1 aliphatic carbocycles. The van der Waals surface area contributed by atoms with Crippen molar-refractivity contribution in [3.8, 4) is 0 Å². The van der Waals surface area contributed by atoms with Crippen LogP contribution in [0.25, 0.3) is 0 Å². The lowest BCUT2D eigenvalue weighted by atomic mass is 9.94. The van der Waals surface area contributed by atoms with Gasteiger partial charge in [-0.1, -0.05) is 29.8 Å². The topological polar surface area (TPSA) is 12.0 Å². The summed E-state index contributed by atoms with van der Waals surface area (Å²) in [7, 11) is 2.04. The number of benzene rings is 1. The monoisotopic (exact) mass is 175 g/mol. The molecule has 1 aromatic rings. The van der Waals surface area contributed by atoms with Crippen LogP contribution in [-0.4, -0.2) is 13.6 Å². The molecule has 1 aromatic carbocycles. The van der Waals surface area contributed by atoms with E-state index in [0.717, 1.165) is 6.54 Å². The third-order valence-corrected chi connectivity index (χ3v) is 3.00. The molecule has 70 valence electrons. The Labute approximate surface area is 80.2 Å². The van der Waals surface area contributed by atoms with Gasteiger partial charge in [0.2, 0.25) is 0 Å². The van der Waals surface area contributed by atoms with E-state index in [-0.39, 0.29) is 0 Å². The van der Waals surface area contributed by atoms with Crippen LogP contribution in [0.5, 0.6) is 0 Å². The van der Waals surface area contributed by atoms with Gasteiger partial charge in [0.25, 0.3) is 0 Å². The van der Waals surface area contributed by atoms with Crippen LogP contribution in [0.2, 0.25) is 0 Å². The molecule has 0 saturated heterocycles. The first kappa shape index (κ1) is 8.76. The summed E-state index contributed by atoms with van der Waals surface area (Å²) in [5.41, 5.74) is 3.36. The van der Waals surface area contributed by atoms with Crippen LogP contribution in [0.3, 0.4) is 0 Å². The largest absolute Gasteiger partial charge is 0.319 e. The molecule has 0 atom stereocenters. The molecule has 1 fully saturated rings. The summed E-state index contributed by atoms with van der Waals surface area (Å²) in [5.74, 6) is 0. The van der Waals surface area contributed by atoms with Gasteiger partial charge in [-0.2, -0.15) is 0 Å². The van der Waals surface area contributed by atoms with E-state index >= 15 is 0 Å². The van der Waals surface area contributed by atoms with Crippen molar-refractivity contribution in [1.82, 2.24) is 5.32 Å². The Bertz CT molecular complexity index is 300. The number of hydrogen-bond acceptors (Lipinski definition) is 1. The van der Waals surface area contributed by atoms with Crippen LogP contribution >= 0.6 is 0 Å². The van der Waals surface area contributed by atoms with Crippen LogP contribution in [0.1, 0.15) is 24.0 Å². The van der Waals surface area contributed by atoms with Crippen molar-refractivity contribution >= 4 is 0 Å². The Kier molecular flexibility index (Phi) is 2.12. The molecular formula is C12H17N. The van der Waals surface area contributed by atoms with Gasteiger partial charge in [0.15, 0.2) is 0 Å². The summed E-state index contributed by atoms with van der Waals surface area (Å²) in [5, 5.41) is 3.29. The normalized spacial score (nSPS) is 18.6. The molecule has 1 heteroatoms. The van der Waals surface area contributed by atoms with Gasteiger partial charge in [-0.15, -0.1) is 0 Å². The fourth-order valence-electron chi connectivity index (χ4n) is 2.03. The van der Waals surface area contributed by atoms with Gasteiger partial charge in [-0.3, -0.25) is 0 Å². The molecule has 0 radical (unpaired) electrons. The van der Waals surface area contributed by atoms with Crippen molar-refractivity contribution in [1.29, 1.82) is 0 Å². The van der Waals surface area contributed by atoms with Gasteiger partial charge in [-0.05, 0) is 32.4 Å². The molecule has 1 N–H and O–H groups in total. The fourth-order valence-corrected chi connectivity index (χ4v) is 2.03. The number of aryl methyl sites for hydroxylation is 1. The summed E-state index contributed by atoms with van der Waals surface area (Å²) >= 11 is 0. The van der Waals surface area contributed by atoms with E-state index in [1.165, 1.54) is 24.0 Å². The lowest BCUT2D eigenvalue weighted by molar-refractivity contribution is 0.624. The van der Waals surface area contributed by atoms with Crippen molar-refractivity contribution in [2.45, 2.75) is 25.2 Å². The van der Waals surface area contributed by atoms with E-state index in [1.807, 2.05) is 7.05 Å². The first-order valence-corrected chi connectivity index (χ1v) is 4.99. The maximum atomic E-state index is 3.29. The predicted octanol–water partition coefficient (Wildman–Crippen LogP) is 2.25. The SMILES string of the molecule is CNCC1(c2cccc(C)c2)CC1. The molecule has 2 rings (SSSR count). The highest BCUT2D eigenvalue weighted by atomic mass is 14.8. The highest BCUT2D eigenvalue weighted by molar-refractivity contribution is 5.34. The zero-order valence-electron chi connectivity index (χ0n) is 8.43. The molecule has 0 spiro atoms. The fraction of sp³-hybridized carbons (Fsp3) is 0.500. The van der Waals surface area contributed by atoms with Gasteiger partial charge in [0.05, 0.1) is 0 Å². The van der Waals surface area contributed by atoms with E-state index in [2.05, 4.69) is 36.5 Å². The molecule has 1 nitrogen and oxygen atoms in total. The van der Waals surface area contributed by atoms with Crippen LogP contribution in [0.4, 0.5) is 0 Å². The van der Waals surface area contributed by atoms with E-state index < -0.39 is 0 Å². The molecule has 13 heavy (non-hydrogen) atoms. The summed E-state index contributed by atoms with van der Waals surface area (Å²) in [6, 6.07) is 8.92. The zero-order valence-corrected chi connectivity index (χ0v) is 8.43. The lowest BCUT2D eigenvalue weighted by Gasteiger charge is -2.15. The van der Waals surface area contributed by atoms with Crippen LogP contribution in [-0.2, 0) is 5.41 Å². The van der Waals surface area contributed by atoms with Crippen molar-refractivity contribution in [3.63, 3.8) is 0 Å². The van der Waals surface area contributed by atoms with E-state index in [4.69, 9.17) is 0 Å². The summed E-state index contributed by atoms with van der Waals surface area (Å²) in [4.78, 5) is 0. The van der Waals surface area contributed by atoms with Gasteiger partial charge in [0, 0.05) is 12.0 Å². The Balaban J connectivity index is 2.25. The number of likely N-dealkylation sites (N-methyl/N-ethyl adjacent to an activating group) is 1. The van der Waals surface area contributed by atoms with E-state index in [0.29, 0.717) is 5.41 Å². The first-order valence-electron chi connectivity index (χ1n) is 4.99. The number of nitrogens with one attached hydrogen (secondary N) is 1. The van der Waals surface area contributed by atoms with E-state index in [9.17, 15) is 0 Å². The number of rotatable bonds is 3. The van der Waals surface area contributed by atoms with Crippen molar-refractivity contribution in [2.24, 2.45) is 0 Å². The summed E-state index contributed by atoms with van der Waals surface area (Å²) in [6.45, 7) is 3.29. The van der Waals surface area contributed by atoms with Gasteiger partial charge in [0.1, 0.15) is 0 Å². The Hall–Kier alpha value is -0.820. The molecule has 1 saturated carbocycles. The minimum Gasteiger partial charge on any atom is -0.319 e. The molecule has 0 amide bonds. The highest BCUT2D eigenvalue weighted by Gasteiger charge is 2.43. The Morgan fingerprint density at radius 1 is 1.38 bits per heavy atom. The summed E-state index contributed by atoms with van der Waals surface area (Å²) in [6.07, 6.45) is 2.69. The third-order valence-electron chi connectivity index (χ3n) is 3.00.